The van der Waals surface area contributed by atoms with Gasteiger partial charge in [0, 0.05) is 12.6 Å². The van der Waals surface area contributed by atoms with Crippen LogP contribution in [0.4, 0.5) is 0 Å². The molecule has 0 bridgehead atoms. The molecule has 0 spiro atoms. The predicted molar refractivity (Wildman–Crippen MR) is 71.1 cm³/mol. The van der Waals surface area contributed by atoms with Gasteiger partial charge < -0.3 is 9.64 Å². The van der Waals surface area contributed by atoms with E-state index in [1.165, 1.54) is 12.8 Å². The normalized spacial score (nSPS) is 16.6. The van der Waals surface area contributed by atoms with Crippen molar-refractivity contribution in [3.63, 3.8) is 0 Å². The maximum Gasteiger partial charge on any atom is 0.310 e. The van der Waals surface area contributed by atoms with E-state index in [9.17, 15) is 4.79 Å². The molecule has 1 unspecified atom stereocenters. The highest BCUT2D eigenvalue weighted by molar-refractivity contribution is 5.72. The molecule has 3 nitrogen and oxygen atoms in total. The first-order valence-corrected chi connectivity index (χ1v) is 6.57. The zero-order chi connectivity index (χ0) is 13.0. The molecule has 1 aromatic carbocycles. The maximum atomic E-state index is 11.8. The van der Waals surface area contributed by atoms with Gasteiger partial charge >= 0.3 is 5.97 Å². The lowest BCUT2D eigenvalue weighted by molar-refractivity contribution is -0.149. The highest BCUT2D eigenvalue weighted by Gasteiger charge is 2.28. The Balaban J connectivity index is 1.73. The summed E-state index contributed by atoms with van der Waals surface area (Å²) in [5.41, 5.74) is 1.04. The van der Waals surface area contributed by atoms with Crippen LogP contribution in [-0.4, -0.2) is 30.5 Å². The fourth-order valence-corrected chi connectivity index (χ4v) is 2.04. The van der Waals surface area contributed by atoms with Gasteiger partial charge in [0.15, 0.2) is 0 Å². The number of esters is 1. The molecule has 0 heterocycles. The van der Waals surface area contributed by atoms with E-state index in [1.54, 1.807) is 0 Å². The van der Waals surface area contributed by atoms with Gasteiger partial charge in [-0.3, -0.25) is 4.79 Å². The van der Waals surface area contributed by atoms with Crippen molar-refractivity contribution in [3.8, 4) is 0 Å². The zero-order valence-corrected chi connectivity index (χ0v) is 11.1. The monoisotopic (exact) mass is 247 g/mol. The second-order valence-electron chi connectivity index (χ2n) is 5.17. The number of hydrogen-bond donors (Lipinski definition) is 0. The Morgan fingerprint density at radius 2 is 2.06 bits per heavy atom. The number of carbonyl (C=O) groups excluding carboxylic acids is 1. The van der Waals surface area contributed by atoms with Gasteiger partial charge in [-0.2, -0.15) is 0 Å². The molecule has 18 heavy (non-hydrogen) atoms. The zero-order valence-electron chi connectivity index (χ0n) is 11.1. The molecule has 0 aromatic heterocycles. The molecule has 0 saturated heterocycles. The number of benzene rings is 1. The van der Waals surface area contributed by atoms with E-state index in [-0.39, 0.29) is 11.9 Å². The fraction of sp³-hybridized carbons (Fsp3) is 0.533. The van der Waals surface area contributed by atoms with E-state index in [1.807, 2.05) is 37.3 Å². The van der Waals surface area contributed by atoms with Crippen LogP contribution in [0.25, 0.3) is 0 Å². The van der Waals surface area contributed by atoms with Crippen molar-refractivity contribution in [2.45, 2.75) is 32.4 Å². The Morgan fingerprint density at radius 3 is 2.67 bits per heavy atom. The molecule has 1 aromatic rings. The minimum Gasteiger partial charge on any atom is -0.461 e. The lowest BCUT2D eigenvalue weighted by atomic mass is 10.1. The van der Waals surface area contributed by atoms with Crippen LogP contribution in [0.15, 0.2) is 30.3 Å². The molecule has 0 aliphatic heterocycles. The molecule has 1 fully saturated rings. The van der Waals surface area contributed by atoms with E-state index < -0.39 is 0 Å². The van der Waals surface area contributed by atoms with Gasteiger partial charge in [0.1, 0.15) is 6.61 Å². The quantitative estimate of drug-likeness (QED) is 0.723. The van der Waals surface area contributed by atoms with E-state index >= 15 is 0 Å². The summed E-state index contributed by atoms with van der Waals surface area (Å²) in [4.78, 5) is 14.1. The van der Waals surface area contributed by atoms with Crippen molar-refractivity contribution in [2.75, 3.05) is 13.6 Å². The average molecular weight is 247 g/mol. The summed E-state index contributed by atoms with van der Waals surface area (Å²) in [6.07, 6.45) is 2.53. The lowest BCUT2D eigenvalue weighted by Gasteiger charge is -2.19. The molecule has 1 aliphatic rings. The molecule has 1 aliphatic carbocycles. The summed E-state index contributed by atoms with van der Waals surface area (Å²) < 4.78 is 5.33. The molecule has 1 saturated carbocycles. The molecule has 3 heteroatoms. The molecule has 98 valence electrons. The van der Waals surface area contributed by atoms with Crippen LogP contribution in [0.5, 0.6) is 0 Å². The van der Waals surface area contributed by atoms with Gasteiger partial charge in [0.2, 0.25) is 0 Å². The Hall–Kier alpha value is -1.35. The summed E-state index contributed by atoms with van der Waals surface area (Å²) in [6.45, 7) is 3.10. The van der Waals surface area contributed by atoms with E-state index in [2.05, 4.69) is 11.9 Å². The topological polar surface area (TPSA) is 29.5 Å². The van der Waals surface area contributed by atoms with E-state index in [4.69, 9.17) is 4.74 Å². The number of hydrogen-bond acceptors (Lipinski definition) is 3. The second-order valence-corrected chi connectivity index (χ2v) is 5.17. The Morgan fingerprint density at radius 1 is 1.39 bits per heavy atom. The standard InChI is InChI=1S/C15H21NO2/c1-12(10-16(2)14-8-9-14)15(17)18-11-13-6-4-3-5-7-13/h3-7,12,14H,8-11H2,1-2H3. The van der Waals surface area contributed by atoms with Gasteiger partial charge in [-0.15, -0.1) is 0 Å². The Labute approximate surface area is 109 Å². The van der Waals surface area contributed by atoms with Crippen LogP contribution < -0.4 is 0 Å². The van der Waals surface area contributed by atoms with Crippen molar-refractivity contribution in [3.05, 3.63) is 35.9 Å². The van der Waals surface area contributed by atoms with Crippen LogP contribution in [-0.2, 0) is 16.1 Å². The van der Waals surface area contributed by atoms with Gasteiger partial charge in [-0.25, -0.2) is 0 Å². The van der Waals surface area contributed by atoms with Crippen LogP contribution in [0.1, 0.15) is 25.3 Å². The van der Waals surface area contributed by atoms with Crippen molar-refractivity contribution in [1.29, 1.82) is 0 Å². The fourth-order valence-electron chi connectivity index (χ4n) is 2.04. The van der Waals surface area contributed by atoms with Crippen LogP contribution in [0.2, 0.25) is 0 Å². The summed E-state index contributed by atoms with van der Waals surface area (Å²) in [5, 5.41) is 0. The Bertz CT molecular complexity index is 387. The average Bonchev–Trinajstić information content (AvgIpc) is 3.21. The second kappa shape index (κ2) is 6.01. The highest BCUT2D eigenvalue weighted by atomic mass is 16.5. The van der Waals surface area contributed by atoms with Crippen molar-refractivity contribution in [2.24, 2.45) is 5.92 Å². The molecule has 1 atom stereocenters. The number of carbonyl (C=O) groups is 1. The van der Waals surface area contributed by atoms with Gasteiger partial charge in [-0.05, 0) is 25.5 Å². The van der Waals surface area contributed by atoms with E-state index in [0.717, 1.165) is 12.1 Å². The first-order chi connectivity index (χ1) is 8.66. The summed E-state index contributed by atoms with van der Waals surface area (Å²) in [7, 11) is 2.08. The Kier molecular flexibility index (Phi) is 4.37. The lowest BCUT2D eigenvalue weighted by Crippen LogP contribution is -2.31. The molecule has 0 amide bonds. The number of ether oxygens (including phenoxy) is 1. The van der Waals surface area contributed by atoms with Crippen molar-refractivity contribution < 1.29 is 9.53 Å². The summed E-state index contributed by atoms with van der Waals surface area (Å²) >= 11 is 0. The van der Waals surface area contributed by atoms with E-state index in [0.29, 0.717) is 12.6 Å². The first kappa shape index (κ1) is 13.1. The largest absolute Gasteiger partial charge is 0.461 e. The molecular formula is C15H21NO2. The van der Waals surface area contributed by atoms with Crippen LogP contribution >= 0.6 is 0 Å². The van der Waals surface area contributed by atoms with Crippen molar-refractivity contribution in [1.82, 2.24) is 4.90 Å². The minimum absolute atomic E-state index is 0.0562. The van der Waals surface area contributed by atoms with Gasteiger partial charge in [0.05, 0.1) is 5.92 Å². The highest BCUT2D eigenvalue weighted by Crippen LogP contribution is 2.26. The first-order valence-electron chi connectivity index (χ1n) is 6.57. The maximum absolute atomic E-state index is 11.8. The predicted octanol–water partition coefficient (Wildman–Crippen LogP) is 2.46. The smallest absolute Gasteiger partial charge is 0.310 e. The number of rotatable bonds is 6. The molecule has 2 rings (SSSR count). The van der Waals surface area contributed by atoms with Gasteiger partial charge in [0.25, 0.3) is 0 Å². The van der Waals surface area contributed by atoms with Crippen LogP contribution in [0, 0.1) is 5.92 Å². The molecule has 0 N–H and O–H groups in total. The third-order valence-electron chi connectivity index (χ3n) is 3.36. The summed E-state index contributed by atoms with van der Waals surface area (Å²) in [6, 6.07) is 10.5. The van der Waals surface area contributed by atoms with Crippen molar-refractivity contribution >= 4 is 5.97 Å². The minimum atomic E-state index is -0.105. The summed E-state index contributed by atoms with van der Waals surface area (Å²) in [5.74, 6) is -0.161. The molecule has 0 radical (unpaired) electrons. The SMILES string of the molecule is CC(CN(C)C1CC1)C(=O)OCc1ccccc1. The third-order valence-corrected chi connectivity index (χ3v) is 3.36. The number of nitrogens with zero attached hydrogens (tertiary/aromatic N) is 1. The van der Waals surface area contributed by atoms with Gasteiger partial charge in [-0.1, -0.05) is 37.3 Å². The van der Waals surface area contributed by atoms with Crippen LogP contribution in [0.3, 0.4) is 0 Å². The third kappa shape index (κ3) is 3.84. The molecular weight excluding hydrogens is 226 g/mol.